The fourth-order valence-electron chi connectivity index (χ4n) is 4.85. The van der Waals surface area contributed by atoms with Crippen molar-refractivity contribution < 1.29 is 46.9 Å². The second-order valence-corrected chi connectivity index (χ2v) is 14.2. The van der Waals surface area contributed by atoms with Crippen LogP contribution >= 0.6 is 7.75 Å². The Balaban J connectivity index is 1.84. The van der Waals surface area contributed by atoms with Crippen LogP contribution in [0.25, 0.3) is 5.52 Å². The number of nitriles is 1. The van der Waals surface area contributed by atoms with E-state index in [1.807, 2.05) is 6.07 Å². The van der Waals surface area contributed by atoms with Crippen LogP contribution in [0.2, 0.25) is 0 Å². The maximum atomic E-state index is 14.3. The number of aromatic nitrogens is 3. The highest BCUT2D eigenvalue weighted by Crippen LogP contribution is 2.50. The molecule has 3 heterocycles. The number of nitrogens with one attached hydrogen (secondary N) is 1. The lowest BCUT2D eigenvalue weighted by Gasteiger charge is -2.31. The van der Waals surface area contributed by atoms with Gasteiger partial charge in [-0.15, -0.1) is 0 Å². The molecule has 1 saturated heterocycles. The standard InChI is InChI=1S/C33H42N7O10P/c1-20(2)30(41)47-27-26(24-14-15-25-29(36-19-39(6)7)35-18-37-40(24)25)49-33(16-34,28(27)48-31(42)21(3)4)17-46-51(44,38-22(5)32(43)45-8)50-23-12-10-9-11-13-23/h9-15,18-22,26-28H,17H2,1-8H3,(H,38,44)/t22?,26-,27-,28-,33+,51-/m0/s1. The number of rotatable bonds is 15. The van der Waals surface area contributed by atoms with Crippen molar-refractivity contribution in [1.29, 1.82) is 5.26 Å². The molecule has 0 radical (unpaired) electrons. The molecule has 0 bridgehead atoms. The van der Waals surface area contributed by atoms with Crippen molar-refractivity contribution in [1.82, 2.24) is 24.6 Å². The van der Waals surface area contributed by atoms with Gasteiger partial charge in [-0.2, -0.15) is 15.4 Å². The summed E-state index contributed by atoms with van der Waals surface area (Å²) in [6.45, 7) is 6.92. The highest BCUT2D eigenvalue weighted by atomic mass is 31.2. The second-order valence-electron chi connectivity index (χ2n) is 12.5. The highest BCUT2D eigenvalue weighted by Gasteiger charge is 2.62. The van der Waals surface area contributed by atoms with Crippen molar-refractivity contribution >= 4 is 43.3 Å². The van der Waals surface area contributed by atoms with Gasteiger partial charge in [0.2, 0.25) is 5.60 Å². The van der Waals surface area contributed by atoms with Gasteiger partial charge in [0.05, 0.1) is 31.0 Å². The predicted octanol–water partition coefficient (Wildman–Crippen LogP) is 3.77. The van der Waals surface area contributed by atoms with Crippen LogP contribution in [-0.2, 0) is 42.4 Å². The molecule has 0 saturated carbocycles. The van der Waals surface area contributed by atoms with E-state index in [0.717, 1.165) is 7.11 Å². The zero-order valence-corrected chi connectivity index (χ0v) is 30.5. The number of carbonyl (C=O) groups is 3. The van der Waals surface area contributed by atoms with E-state index < -0.39 is 74.1 Å². The van der Waals surface area contributed by atoms with Gasteiger partial charge in [-0.3, -0.25) is 18.9 Å². The number of benzene rings is 1. The van der Waals surface area contributed by atoms with E-state index in [1.165, 1.54) is 29.9 Å². The highest BCUT2D eigenvalue weighted by molar-refractivity contribution is 7.52. The number of carbonyl (C=O) groups excluding carboxylic acids is 3. The summed E-state index contributed by atoms with van der Waals surface area (Å²) in [5.74, 6) is -3.06. The maximum Gasteiger partial charge on any atom is 0.459 e. The summed E-state index contributed by atoms with van der Waals surface area (Å²) in [6.07, 6.45) is -1.51. The molecular formula is C33H42N7O10P. The molecule has 18 heteroatoms. The molecule has 1 aliphatic rings. The first-order valence-electron chi connectivity index (χ1n) is 16.0. The van der Waals surface area contributed by atoms with Gasteiger partial charge in [-0.05, 0) is 31.2 Å². The molecule has 4 rings (SSSR count). The number of aliphatic imine (C=N–C) groups is 1. The van der Waals surface area contributed by atoms with E-state index in [2.05, 4.69) is 20.2 Å². The van der Waals surface area contributed by atoms with Crippen LogP contribution in [-0.4, -0.2) is 95.4 Å². The third-order valence-corrected chi connectivity index (χ3v) is 9.13. The quantitative estimate of drug-likeness (QED) is 0.0778. The molecule has 1 N–H and O–H groups in total. The van der Waals surface area contributed by atoms with E-state index in [0.29, 0.717) is 17.0 Å². The van der Waals surface area contributed by atoms with Crippen LogP contribution in [0.1, 0.15) is 46.4 Å². The number of fused-ring (bicyclic) bond motifs is 1. The van der Waals surface area contributed by atoms with Gasteiger partial charge in [0.1, 0.15) is 42.4 Å². The summed E-state index contributed by atoms with van der Waals surface area (Å²) >= 11 is 0. The largest absolute Gasteiger partial charge is 0.468 e. The third kappa shape index (κ3) is 9.08. The number of ether oxygens (including phenoxy) is 4. The smallest absolute Gasteiger partial charge is 0.459 e. The van der Waals surface area contributed by atoms with Crippen molar-refractivity contribution in [2.24, 2.45) is 16.8 Å². The summed E-state index contributed by atoms with van der Waals surface area (Å²) in [5.41, 5.74) is -1.52. The molecule has 0 aliphatic carbocycles. The summed E-state index contributed by atoms with van der Waals surface area (Å²) < 4.78 is 50.3. The number of methoxy groups -OCH3 is 1. The molecule has 0 spiro atoms. The van der Waals surface area contributed by atoms with Gasteiger partial charge >= 0.3 is 25.7 Å². The zero-order chi connectivity index (χ0) is 37.5. The molecule has 3 aromatic rings. The Labute approximate surface area is 295 Å². The van der Waals surface area contributed by atoms with Crippen LogP contribution < -0.4 is 9.61 Å². The van der Waals surface area contributed by atoms with E-state index in [1.54, 1.807) is 83.4 Å². The molecule has 1 unspecified atom stereocenters. The SMILES string of the molecule is COC(=O)C(C)N[P@](=O)(OC[C@@]1(C#N)O[C@@H](c2ccc3c(N=CN(C)C)ncnn23)[C@H](OC(=O)C(C)C)[C@@H]1OC(=O)C(C)C)Oc1ccccc1. The number of hydrogen-bond donors (Lipinski definition) is 1. The first-order valence-corrected chi connectivity index (χ1v) is 17.6. The Kier molecular flexibility index (Phi) is 12.5. The fourth-order valence-corrected chi connectivity index (χ4v) is 6.37. The van der Waals surface area contributed by atoms with Crippen LogP contribution in [0.3, 0.4) is 0 Å². The maximum absolute atomic E-state index is 14.3. The van der Waals surface area contributed by atoms with E-state index in [9.17, 15) is 24.2 Å². The van der Waals surface area contributed by atoms with Crippen molar-refractivity contribution in [3.05, 3.63) is 54.5 Å². The molecule has 1 aromatic carbocycles. The van der Waals surface area contributed by atoms with Gasteiger partial charge in [0.25, 0.3) is 0 Å². The van der Waals surface area contributed by atoms with Gasteiger partial charge in [-0.1, -0.05) is 45.9 Å². The molecule has 17 nitrogen and oxygen atoms in total. The Bertz CT molecular complexity index is 1830. The summed E-state index contributed by atoms with van der Waals surface area (Å²) in [7, 11) is 0.211. The van der Waals surface area contributed by atoms with E-state index in [4.69, 9.17) is 28.0 Å². The topological polar surface area (TPSA) is 205 Å². The van der Waals surface area contributed by atoms with Gasteiger partial charge in [-0.25, -0.2) is 19.1 Å². The minimum atomic E-state index is -4.53. The van der Waals surface area contributed by atoms with Crippen molar-refractivity contribution in [2.45, 2.75) is 64.6 Å². The molecule has 51 heavy (non-hydrogen) atoms. The molecule has 274 valence electrons. The predicted molar refractivity (Wildman–Crippen MR) is 182 cm³/mol. The number of para-hydroxylation sites is 1. The summed E-state index contributed by atoms with van der Waals surface area (Å²) in [6, 6.07) is 12.1. The van der Waals surface area contributed by atoms with Gasteiger partial charge in [0, 0.05) is 14.1 Å². The second kappa shape index (κ2) is 16.4. The van der Waals surface area contributed by atoms with Crippen LogP contribution in [0.15, 0.2) is 53.8 Å². The Morgan fingerprint density at radius 3 is 2.35 bits per heavy atom. The average Bonchev–Trinajstić information content (AvgIpc) is 3.65. The zero-order valence-electron chi connectivity index (χ0n) is 29.6. The van der Waals surface area contributed by atoms with Crippen molar-refractivity contribution in [2.75, 3.05) is 27.8 Å². The average molecular weight is 728 g/mol. The Morgan fingerprint density at radius 2 is 1.75 bits per heavy atom. The normalized spacial score (nSPS) is 22.0. The van der Waals surface area contributed by atoms with Crippen LogP contribution in [0.5, 0.6) is 5.75 Å². The van der Waals surface area contributed by atoms with Gasteiger partial charge < -0.3 is 28.4 Å². The van der Waals surface area contributed by atoms with Crippen molar-refractivity contribution in [3.8, 4) is 11.8 Å². The molecular weight excluding hydrogens is 685 g/mol. The Morgan fingerprint density at radius 1 is 1.08 bits per heavy atom. The van der Waals surface area contributed by atoms with Crippen molar-refractivity contribution in [3.63, 3.8) is 0 Å². The molecule has 2 aromatic heterocycles. The molecule has 0 amide bonds. The molecule has 1 aliphatic heterocycles. The molecule has 6 atom stereocenters. The minimum Gasteiger partial charge on any atom is -0.468 e. The lowest BCUT2D eigenvalue weighted by molar-refractivity contribution is -0.173. The lowest BCUT2D eigenvalue weighted by Crippen LogP contribution is -2.50. The number of nitrogens with zero attached hydrogens (tertiary/aromatic N) is 6. The fraction of sp³-hybridized carbons (Fsp3) is 0.485. The summed E-state index contributed by atoms with van der Waals surface area (Å²) in [5, 5.41) is 17.7. The van der Waals surface area contributed by atoms with Crippen LogP contribution in [0, 0.1) is 23.2 Å². The number of hydrogen-bond acceptors (Lipinski definition) is 14. The lowest BCUT2D eigenvalue weighted by atomic mass is 9.95. The van der Waals surface area contributed by atoms with E-state index >= 15 is 0 Å². The van der Waals surface area contributed by atoms with E-state index in [-0.39, 0.29) is 5.75 Å². The molecule has 1 fully saturated rings. The van der Waals surface area contributed by atoms with Gasteiger partial charge in [0.15, 0.2) is 18.0 Å². The summed E-state index contributed by atoms with van der Waals surface area (Å²) in [4.78, 5) is 49.0. The minimum absolute atomic E-state index is 0.111. The third-order valence-electron chi connectivity index (χ3n) is 7.51. The monoisotopic (exact) mass is 727 g/mol. The number of esters is 3. The first kappa shape index (κ1) is 38.9. The Hall–Kier alpha value is -4.88. The van der Waals surface area contributed by atoms with Crippen LogP contribution in [0.4, 0.5) is 5.82 Å². The first-order chi connectivity index (χ1) is 24.1.